The molecule has 0 bridgehead atoms. The van der Waals surface area contributed by atoms with Crippen LogP contribution in [0.5, 0.6) is 0 Å². The molecule has 0 aliphatic carbocycles. The molecule has 1 aromatic carbocycles. The van der Waals surface area contributed by atoms with Crippen molar-refractivity contribution in [3.05, 3.63) is 51.5 Å². The summed E-state index contributed by atoms with van der Waals surface area (Å²) >= 11 is 12.5. The summed E-state index contributed by atoms with van der Waals surface area (Å²) in [5.41, 5.74) is 5.39. The highest BCUT2D eigenvalue weighted by Gasteiger charge is 2.36. The van der Waals surface area contributed by atoms with Gasteiger partial charge in [-0.1, -0.05) is 23.2 Å². The molecule has 5 heterocycles. The molecule has 0 amide bonds. The number of anilines is 1. The van der Waals surface area contributed by atoms with Crippen LogP contribution in [-0.4, -0.2) is 50.3 Å². The lowest BCUT2D eigenvalue weighted by Gasteiger charge is -2.41. The van der Waals surface area contributed by atoms with Gasteiger partial charge in [0.25, 0.3) is 0 Å². The molecule has 1 fully saturated rings. The van der Waals surface area contributed by atoms with Crippen molar-refractivity contribution in [2.45, 2.75) is 32.2 Å². The van der Waals surface area contributed by atoms with Crippen molar-refractivity contribution in [1.29, 1.82) is 0 Å². The van der Waals surface area contributed by atoms with Crippen molar-refractivity contribution in [2.75, 3.05) is 31.1 Å². The van der Waals surface area contributed by atoms with E-state index in [1.807, 2.05) is 28.9 Å². The zero-order valence-corrected chi connectivity index (χ0v) is 18.8. The first-order chi connectivity index (χ1) is 15.1. The molecule has 31 heavy (non-hydrogen) atoms. The smallest absolute Gasteiger partial charge is 0.157 e. The van der Waals surface area contributed by atoms with E-state index in [9.17, 15) is 0 Å². The Bertz CT molecular complexity index is 1300. The number of imidazole rings is 1. The summed E-state index contributed by atoms with van der Waals surface area (Å²) < 4.78 is 4.27. The second-order valence-electron chi connectivity index (χ2n) is 8.28. The lowest BCUT2D eigenvalue weighted by molar-refractivity contribution is 0.473. The minimum Gasteiger partial charge on any atom is -0.355 e. The summed E-state index contributed by atoms with van der Waals surface area (Å²) in [4.78, 5) is 12.2. The van der Waals surface area contributed by atoms with Gasteiger partial charge in [-0.2, -0.15) is 9.61 Å². The van der Waals surface area contributed by atoms with E-state index < -0.39 is 0 Å². The van der Waals surface area contributed by atoms with E-state index in [0.29, 0.717) is 16.0 Å². The average molecular weight is 456 g/mol. The Morgan fingerprint density at radius 1 is 1.10 bits per heavy atom. The van der Waals surface area contributed by atoms with Gasteiger partial charge in [0.05, 0.1) is 38.9 Å². The lowest BCUT2D eigenvalue weighted by atomic mass is 9.97. The van der Waals surface area contributed by atoms with Gasteiger partial charge < -0.3 is 14.8 Å². The number of fused-ring (bicyclic) bond motifs is 3. The Balaban J connectivity index is 1.37. The Morgan fingerprint density at radius 2 is 1.90 bits per heavy atom. The number of hydrogen-bond acceptors (Lipinski definition) is 5. The van der Waals surface area contributed by atoms with E-state index in [2.05, 4.69) is 26.8 Å². The summed E-state index contributed by atoms with van der Waals surface area (Å²) in [5, 5.41) is 9.20. The standard InChI is InChI=1S/C22H23Cl2N7/c1-2-30-19-10-16(24)15(23)9-18(19)28-21(30)13-11-29(12-13)22-14-3-6-25-7-4-17(14)27-20-5-8-26-31(20)22/h5,8-10,13,25H,2-4,6-7,11-12H2,1H3. The molecule has 0 atom stereocenters. The minimum absolute atomic E-state index is 0.350. The first kappa shape index (κ1) is 19.3. The first-order valence-corrected chi connectivity index (χ1v) is 11.6. The molecule has 3 aromatic heterocycles. The van der Waals surface area contributed by atoms with Gasteiger partial charge >= 0.3 is 0 Å². The van der Waals surface area contributed by atoms with Gasteiger partial charge in [0.2, 0.25) is 0 Å². The highest BCUT2D eigenvalue weighted by molar-refractivity contribution is 6.42. The van der Waals surface area contributed by atoms with Crippen LogP contribution in [0.4, 0.5) is 5.82 Å². The van der Waals surface area contributed by atoms with Crippen LogP contribution in [0.1, 0.15) is 29.9 Å². The fourth-order valence-electron chi connectivity index (χ4n) is 4.94. The van der Waals surface area contributed by atoms with Crippen molar-refractivity contribution in [1.82, 2.24) is 29.5 Å². The van der Waals surface area contributed by atoms with Crippen LogP contribution < -0.4 is 10.2 Å². The molecular formula is C22H23Cl2N7. The van der Waals surface area contributed by atoms with Crippen LogP contribution in [0.25, 0.3) is 16.7 Å². The number of rotatable bonds is 3. The number of aryl methyl sites for hydroxylation is 1. The summed E-state index contributed by atoms with van der Waals surface area (Å²) in [6.07, 6.45) is 3.76. The van der Waals surface area contributed by atoms with E-state index >= 15 is 0 Å². The zero-order chi connectivity index (χ0) is 21.1. The number of aromatic nitrogens is 5. The minimum atomic E-state index is 0.350. The van der Waals surface area contributed by atoms with E-state index in [1.165, 1.54) is 17.1 Å². The van der Waals surface area contributed by atoms with Gasteiger partial charge in [-0.05, 0) is 32.0 Å². The van der Waals surface area contributed by atoms with Crippen molar-refractivity contribution in [3.63, 3.8) is 0 Å². The number of hydrogen-bond donors (Lipinski definition) is 1. The number of benzene rings is 1. The van der Waals surface area contributed by atoms with Gasteiger partial charge in [-0.15, -0.1) is 0 Å². The predicted octanol–water partition coefficient (Wildman–Crippen LogP) is 3.70. The number of nitrogens with zero attached hydrogens (tertiary/aromatic N) is 6. The van der Waals surface area contributed by atoms with Crippen LogP contribution in [0.3, 0.4) is 0 Å². The molecule has 160 valence electrons. The third-order valence-corrected chi connectivity index (χ3v) is 7.19. The van der Waals surface area contributed by atoms with Crippen molar-refractivity contribution >= 4 is 45.7 Å². The van der Waals surface area contributed by atoms with Crippen molar-refractivity contribution in [3.8, 4) is 0 Å². The van der Waals surface area contributed by atoms with Gasteiger partial charge in [0, 0.05) is 44.2 Å². The van der Waals surface area contributed by atoms with Gasteiger partial charge in [0.15, 0.2) is 5.65 Å². The molecule has 1 saturated heterocycles. The maximum absolute atomic E-state index is 6.28. The topological polar surface area (TPSA) is 63.3 Å². The number of halogens is 2. The maximum Gasteiger partial charge on any atom is 0.157 e. The monoisotopic (exact) mass is 455 g/mol. The lowest BCUT2D eigenvalue weighted by Crippen LogP contribution is -2.47. The third-order valence-electron chi connectivity index (χ3n) is 6.46. The molecule has 6 rings (SSSR count). The molecule has 9 heteroatoms. The largest absolute Gasteiger partial charge is 0.355 e. The summed E-state index contributed by atoms with van der Waals surface area (Å²) in [6.45, 7) is 6.75. The average Bonchev–Trinajstić information content (AvgIpc) is 3.24. The third kappa shape index (κ3) is 3.02. The number of nitrogens with one attached hydrogen (secondary N) is 1. The molecule has 0 spiro atoms. The molecule has 0 radical (unpaired) electrons. The SMILES string of the molecule is CCn1c(C2CN(c3c4c(nc5ccnn35)CCNCC4)C2)nc2cc(Cl)c(Cl)cc21. The van der Waals surface area contributed by atoms with E-state index in [-0.39, 0.29) is 0 Å². The second kappa shape index (κ2) is 7.36. The molecule has 4 aromatic rings. The zero-order valence-electron chi connectivity index (χ0n) is 17.3. The first-order valence-electron chi connectivity index (χ1n) is 10.8. The van der Waals surface area contributed by atoms with Crippen molar-refractivity contribution < 1.29 is 0 Å². The van der Waals surface area contributed by atoms with Crippen LogP contribution >= 0.6 is 23.2 Å². The molecule has 7 nitrogen and oxygen atoms in total. The highest BCUT2D eigenvalue weighted by Crippen LogP contribution is 2.37. The second-order valence-corrected chi connectivity index (χ2v) is 9.10. The molecular weight excluding hydrogens is 433 g/mol. The normalized spacial score (nSPS) is 17.2. The van der Waals surface area contributed by atoms with Gasteiger partial charge in [-0.25, -0.2) is 9.97 Å². The van der Waals surface area contributed by atoms with Crippen LogP contribution in [0.15, 0.2) is 24.4 Å². The summed E-state index contributed by atoms with van der Waals surface area (Å²) in [6, 6.07) is 5.79. The highest BCUT2D eigenvalue weighted by atomic mass is 35.5. The summed E-state index contributed by atoms with van der Waals surface area (Å²) in [7, 11) is 0. The Labute approximate surface area is 190 Å². The van der Waals surface area contributed by atoms with E-state index in [0.717, 1.165) is 68.1 Å². The molecule has 1 N–H and O–H groups in total. The van der Waals surface area contributed by atoms with E-state index in [1.54, 1.807) is 0 Å². The molecule has 2 aliphatic rings. The van der Waals surface area contributed by atoms with Gasteiger partial charge in [-0.3, -0.25) is 0 Å². The van der Waals surface area contributed by atoms with Crippen LogP contribution in [0.2, 0.25) is 10.0 Å². The molecule has 2 aliphatic heterocycles. The Morgan fingerprint density at radius 3 is 2.74 bits per heavy atom. The quantitative estimate of drug-likeness (QED) is 0.510. The fraction of sp³-hybridized carbons (Fsp3) is 0.409. The maximum atomic E-state index is 6.28. The van der Waals surface area contributed by atoms with Crippen LogP contribution in [-0.2, 0) is 19.4 Å². The molecule has 0 saturated carbocycles. The fourth-order valence-corrected chi connectivity index (χ4v) is 5.25. The Kier molecular flexibility index (Phi) is 4.59. The predicted molar refractivity (Wildman–Crippen MR) is 124 cm³/mol. The molecule has 0 unspecified atom stereocenters. The van der Waals surface area contributed by atoms with E-state index in [4.69, 9.17) is 33.2 Å². The summed E-state index contributed by atoms with van der Waals surface area (Å²) in [5.74, 6) is 2.64. The van der Waals surface area contributed by atoms with Crippen LogP contribution in [0, 0.1) is 0 Å². The Hall–Kier alpha value is -2.35. The van der Waals surface area contributed by atoms with Gasteiger partial charge in [0.1, 0.15) is 11.6 Å². The van der Waals surface area contributed by atoms with Crippen molar-refractivity contribution in [2.24, 2.45) is 0 Å².